The topological polar surface area (TPSA) is 81.9 Å². The number of nitrogens with zero attached hydrogens (tertiary/aromatic N) is 1. The molecule has 1 aliphatic heterocycles. The second-order valence-corrected chi connectivity index (χ2v) is 6.22. The summed E-state index contributed by atoms with van der Waals surface area (Å²) < 4.78 is 31.3. The third-order valence-corrected chi connectivity index (χ3v) is 4.95. The van der Waals surface area contributed by atoms with E-state index in [-0.39, 0.29) is 0 Å². The molecule has 0 aliphatic carbocycles. The van der Waals surface area contributed by atoms with Crippen molar-refractivity contribution in [1.82, 2.24) is 4.31 Å². The quantitative estimate of drug-likeness (QED) is 0.779. The molecule has 6 nitrogen and oxygen atoms in total. The molecule has 0 unspecified atom stereocenters. The van der Waals surface area contributed by atoms with E-state index in [9.17, 15) is 8.42 Å². The van der Waals surface area contributed by atoms with Crippen LogP contribution in [0, 0.1) is 0 Å². The van der Waals surface area contributed by atoms with Gasteiger partial charge in [-0.3, -0.25) is 0 Å². The maximum Gasteiger partial charge on any atom is 0.243 e. The summed E-state index contributed by atoms with van der Waals surface area (Å²) in [5.41, 5.74) is 0.992. The van der Waals surface area contributed by atoms with Crippen molar-refractivity contribution in [2.75, 3.05) is 32.9 Å². The summed E-state index contributed by atoms with van der Waals surface area (Å²) in [5, 5.41) is 0. The lowest BCUT2D eigenvalue weighted by Crippen LogP contribution is -2.40. The highest BCUT2D eigenvalue weighted by molar-refractivity contribution is 7.89. The van der Waals surface area contributed by atoms with Crippen LogP contribution in [-0.4, -0.2) is 45.6 Å². The monoisotopic (exact) mass is 286 g/mol. The number of nitrogens with two attached hydrogens (primary N) is 1. The first-order chi connectivity index (χ1) is 9.14. The van der Waals surface area contributed by atoms with Crippen molar-refractivity contribution in [1.29, 1.82) is 0 Å². The predicted molar refractivity (Wildman–Crippen MR) is 69.9 cm³/mol. The summed E-state index contributed by atoms with van der Waals surface area (Å²) in [5.74, 6) is 4.96. The van der Waals surface area contributed by atoms with E-state index in [1.54, 1.807) is 24.3 Å². The molecule has 0 spiro atoms. The molecule has 0 radical (unpaired) electrons. The third-order valence-electron chi connectivity index (χ3n) is 3.04. The Morgan fingerprint density at radius 1 is 1.21 bits per heavy atom. The number of hydrogen-bond donors (Lipinski definition) is 1. The fourth-order valence-electron chi connectivity index (χ4n) is 1.94. The summed E-state index contributed by atoms with van der Waals surface area (Å²) in [7, 11) is -3.40. The van der Waals surface area contributed by atoms with Gasteiger partial charge in [-0.2, -0.15) is 4.31 Å². The third kappa shape index (κ3) is 3.52. The molecule has 1 aromatic carbocycles. The molecule has 2 rings (SSSR count). The van der Waals surface area contributed by atoms with Crippen molar-refractivity contribution < 1.29 is 18.0 Å². The normalized spacial score (nSPS) is 17.5. The second-order valence-electron chi connectivity index (χ2n) is 4.28. The molecule has 1 aliphatic rings. The van der Waals surface area contributed by atoms with E-state index < -0.39 is 10.0 Å². The average molecular weight is 286 g/mol. The van der Waals surface area contributed by atoms with Gasteiger partial charge in [0.05, 0.1) is 24.7 Å². The van der Waals surface area contributed by atoms with Crippen LogP contribution in [0.1, 0.15) is 5.56 Å². The maximum absolute atomic E-state index is 12.3. The highest BCUT2D eigenvalue weighted by atomic mass is 32.2. The van der Waals surface area contributed by atoms with Crippen LogP contribution in [0.5, 0.6) is 0 Å². The second kappa shape index (κ2) is 6.44. The Hall–Kier alpha value is -0.990. The molecule has 0 atom stereocenters. The van der Waals surface area contributed by atoms with E-state index >= 15 is 0 Å². The lowest BCUT2D eigenvalue weighted by atomic mass is 10.2. The van der Waals surface area contributed by atoms with Crippen LogP contribution in [0.3, 0.4) is 0 Å². The Morgan fingerprint density at radius 2 is 1.84 bits per heavy atom. The maximum atomic E-state index is 12.3. The summed E-state index contributed by atoms with van der Waals surface area (Å²) >= 11 is 0. The highest BCUT2D eigenvalue weighted by Crippen LogP contribution is 2.17. The minimum absolute atomic E-state index is 0.312. The zero-order chi connectivity index (χ0) is 13.7. The van der Waals surface area contributed by atoms with E-state index in [4.69, 9.17) is 10.6 Å². The molecule has 19 heavy (non-hydrogen) atoms. The Balaban J connectivity index is 2.11. The van der Waals surface area contributed by atoms with Crippen molar-refractivity contribution in [3.63, 3.8) is 0 Å². The van der Waals surface area contributed by atoms with Gasteiger partial charge in [-0.1, -0.05) is 12.1 Å². The standard InChI is InChI=1S/C12H18N2O4S/c13-18-8-5-11-1-3-12(4-2-11)19(15,16)14-6-9-17-10-7-14/h1-4H,5-10,13H2. The fourth-order valence-corrected chi connectivity index (χ4v) is 3.35. The largest absolute Gasteiger partial charge is 0.379 e. The van der Waals surface area contributed by atoms with Gasteiger partial charge in [-0.25, -0.2) is 14.3 Å². The summed E-state index contributed by atoms with van der Waals surface area (Å²) in [4.78, 5) is 4.81. The van der Waals surface area contributed by atoms with E-state index in [0.717, 1.165) is 5.56 Å². The number of benzene rings is 1. The number of sulfonamides is 1. The molecule has 1 fully saturated rings. The van der Waals surface area contributed by atoms with Crippen LogP contribution in [0.4, 0.5) is 0 Å². The smallest absolute Gasteiger partial charge is 0.243 e. The molecule has 0 aromatic heterocycles. The van der Waals surface area contributed by atoms with E-state index in [0.29, 0.717) is 44.2 Å². The van der Waals surface area contributed by atoms with Gasteiger partial charge in [0, 0.05) is 13.1 Å². The minimum Gasteiger partial charge on any atom is -0.379 e. The van der Waals surface area contributed by atoms with Gasteiger partial charge < -0.3 is 9.57 Å². The van der Waals surface area contributed by atoms with Gasteiger partial charge in [-0.05, 0) is 24.1 Å². The Labute approximate surface area is 113 Å². The first-order valence-corrected chi connectivity index (χ1v) is 7.57. The van der Waals surface area contributed by atoms with Gasteiger partial charge in [-0.15, -0.1) is 0 Å². The highest BCUT2D eigenvalue weighted by Gasteiger charge is 2.25. The Morgan fingerprint density at radius 3 is 2.42 bits per heavy atom. The van der Waals surface area contributed by atoms with Crippen molar-refractivity contribution in [3.05, 3.63) is 29.8 Å². The molecule has 0 saturated carbocycles. The number of morpholine rings is 1. The number of ether oxygens (including phenoxy) is 1. The van der Waals surface area contributed by atoms with Crippen molar-refractivity contribution in [2.24, 2.45) is 5.90 Å². The first-order valence-electron chi connectivity index (χ1n) is 6.13. The lowest BCUT2D eigenvalue weighted by Gasteiger charge is -2.26. The Bertz CT molecular complexity index is 495. The molecule has 1 saturated heterocycles. The Kier molecular flexibility index (Phi) is 4.89. The lowest BCUT2D eigenvalue weighted by molar-refractivity contribution is 0.0730. The SMILES string of the molecule is NOCCc1ccc(S(=O)(=O)N2CCOCC2)cc1. The van der Waals surface area contributed by atoms with Crippen LogP contribution >= 0.6 is 0 Å². The first kappa shape index (κ1) is 14.4. The van der Waals surface area contributed by atoms with Crippen molar-refractivity contribution >= 4 is 10.0 Å². The van der Waals surface area contributed by atoms with Crippen molar-refractivity contribution in [2.45, 2.75) is 11.3 Å². The molecule has 2 N–H and O–H groups in total. The molecule has 0 amide bonds. The average Bonchev–Trinajstić information content (AvgIpc) is 2.46. The summed E-state index contributed by atoms with van der Waals surface area (Å²) in [6, 6.07) is 6.81. The van der Waals surface area contributed by atoms with Crippen LogP contribution in [0.2, 0.25) is 0 Å². The zero-order valence-corrected chi connectivity index (χ0v) is 11.4. The molecule has 106 valence electrons. The van der Waals surface area contributed by atoms with E-state index in [1.807, 2.05) is 0 Å². The molecule has 1 aromatic rings. The summed E-state index contributed by atoms with van der Waals surface area (Å²) in [6.07, 6.45) is 0.661. The molecule has 7 heteroatoms. The van der Waals surface area contributed by atoms with Crippen LogP contribution < -0.4 is 5.90 Å². The van der Waals surface area contributed by atoms with E-state index in [2.05, 4.69) is 4.84 Å². The van der Waals surface area contributed by atoms with Crippen LogP contribution in [0.25, 0.3) is 0 Å². The van der Waals surface area contributed by atoms with Gasteiger partial charge in [0.15, 0.2) is 0 Å². The molecular formula is C12H18N2O4S. The molecule has 1 heterocycles. The van der Waals surface area contributed by atoms with Gasteiger partial charge in [0.1, 0.15) is 0 Å². The number of hydrogen-bond acceptors (Lipinski definition) is 5. The van der Waals surface area contributed by atoms with Gasteiger partial charge >= 0.3 is 0 Å². The molecular weight excluding hydrogens is 268 g/mol. The fraction of sp³-hybridized carbons (Fsp3) is 0.500. The molecule has 0 bridgehead atoms. The van der Waals surface area contributed by atoms with Crippen LogP contribution in [0.15, 0.2) is 29.2 Å². The predicted octanol–water partition coefficient (Wildman–Crippen LogP) is 0.140. The van der Waals surface area contributed by atoms with Gasteiger partial charge in [0.2, 0.25) is 10.0 Å². The van der Waals surface area contributed by atoms with Crippen molar-refractivity contribution in [3.8, 4) is 0 Å². The van der Waals surface area contributed by atoms with E-state index in [1.165, 1.54) is 4.31 Å². The van der Waals surface area contributed by atoms with Crippen LogP contribution in [-0.2, 0) is 26.0 Å². The number of rotatable bonds is 5. The summed E-state index contributed by atoms with van der Waals surface area (Å²) in [6.45, 7) is 2.13. The minimum atomic E-state index is -3.40. The van der Waals surface area contributed by atoms with Gasteiger partial charge in [0.25, 0.3) is 0 Å². The zero-order valence-electron chi connectivity index (χ0n) is 10.6.